The maximum absolute atomic E-state index is 12.3. The molecule has 0 amide bonds. The Balaban J connectivity index is 2.35. The fourth-order valence-corrected chi connectivity index (χ4v) is 2.44. The van der Waals surface area contributed by atoms with E-state index in [0.29, 0.717) is 16.6 Å². The van der Waals surface area contributed by atoms with Crippen LogP contribution in [0.1, 0.15) is 0 Å². The number of aryl methyl sites for hydroxylation is 1. The number of para-hydroxylation sites is 2. The third-order valence-corrected chi connectivity index (χ3v) is 3.50. The molecule has 0 spiro atoms. The highest BCUT2D eigenvalue weighted by Crippen LogP contribution is 2.32. The van der Waals surface area contributed by atoms with Crippen molar-refractivity contribution in [2.24, 2.45) is 7.05 Å². The second-order valence-corrected chi connectivity index (χ2v) is 4.85. The van der Waals surface area contributed by atoms with E-state index in [-0.39, 0.29) is 5.69 Å². The van der Waals surface area contributed by atoms with E-state index in [1.54, 1.807) is 36.4 Å². The van der Waals surface area contributed by atoms with Crippen molar-refractivity contribution < 1.29 is 4.92 Å². The van der Waals surface area contributed by atoms with E-state index < -0.39 is 16.2 Å². The molecular formula is C16H13N3O3. The van der Waals surface area contributed by atoms with Crippen LogP contribution in [0.15, 0.2) is 59.4 Å². The molecule has 6 nitrogen and oxygen atoms in total. The summed E-state index contributed by atoms with van der Waals surface area (Å²) in [5.41, 5.74) is 0.447. The normalized spacial score (nSPS) is 10.6. The van der Waals surface area contributed by atoms with E-state index in [2.05, 4.69) is 5.32 Å². The van der Waals surface area contributed by atoms with Crippen LogP contribution in [-0.2, 0) is 7.05 Å². The molecule has 0 saturated heterocycles. The molecule has 0 fully saturated rings. The van der Waals surface area contributed by atoms with Gasteiger partial charge in [0.15, 0.2) is 0 Å². The van der Waals surface area contributed by atoms with Crippen LogP contribution in [0.4, 0.5) is 17.1 Å². The van der Waals surface area contributed by atoms with Gasteiger partial charge in [-0.3, -0.25) is 14.9 Å². The average Bonchev–Trinajstić information content (AvgIpc) is 2.53. The zero-order chi connectivity index (χ0) is 15.7. The monoisotopic (exact) mass is 295 g/mol. The highest BCUT2D eigenvalue weighted by Gasteiger charge is 2.24. The van der Waals surface area contributed by atoms with Gasteiger partial charge in [0.25, 0.3) is 0 Å². The van der Waals surface area contributed by atoms with Crippen molar-refractivity contribution in [1.29, 1.82) is 0 Å². The molecule has 1 heterocycles. The molecular weight excluding hydrogens is 282 g/mol. The van der Waals surface area contributed by atoms with Crippen LogP contribution < -0.4 is 10.9 Å². The number of hydrogen-bond acceptors (Lipinski definition) is 4. The molecule has 0 radical (unpaired) electrons. The summed E-state index contributed by atoms with van der Waals surface area (Å²) in [5.74, 6) is 0. The molecule has 0 bridgehead atoms. The average molecular weight is 295 g/mol. The largest absolute Gasteiger partial charge is 0.357 e. The van der Waals surface area contributed by atoms with Crippen LogP contribution >= 0.6 is 0 Å². The lowest BCUT2D eigenvalue weighted by molar-refractivity contribution is -0.385. The zero-order valence-electron chi connectivity index (χ0n) is 11.8. The number of nitrogens with zero attached hydrogens (tertiary/aromatic N) is 2. The van der Waals surface area contributed by atoms with Crippen molar-refractivity contribution >= 4 is 28.0 Å². The maximum Gasteiger partial charge on any atom is 0.357 e. The van der Waals surface area contributed by atoms with Gasteiger partial charge in [0.1, 0.15) is 5.69 Å². The Morgan fingerprint density at radius 3 is 2.36 bits per heavy atom. The third kappa shape index (κ3) is 2.20. The van der Waals surface area contributed by atoms with Gasteiger partial charge in [0.05, 0.1) is 10.4 Å². The number of benzene rings is 2. The topological polar surface area (TPSA) is 77.2 Å². The molecule has 2 aromatic carbocycles. The minimum atomic E-state index is -0.639. The molecule has 0 atom stereocenters. The zero-order valence-corrected chi connectivity index (χ0v) is 11.8. The Morgan fingerprint density at radius 1 is 1.05 bits per heavy atom. The second-order valence-electron chi connectivity index (χ2n) is 4.85. The Bertz CT molecular complexity index is 917. The highest BCUT2D eigenvalue weighted by atomic mass is 16.6. The molecule has 3 aromatic rings. The van der Waals surface area contributed by atoms with Crippen LogP contribution in [0.5, 0.6) is 0 Å². The number of hydrogen-bond donors (Lipinski definition) is 1. The van der Waals surface area contributed by atoms with Gasteiger partial charge in [-0.15, -0.1) is 0 Å². The number of anilines is 2. The lowest BCUT2D eigenvalue weighted by Gasteiger charge is -2.12. The minimum absolute atomic E-state index is 0.218. The first kappa shape index (κ1) is 13.8. The molecule has 22 heavy (non-hydrogen) atoms. The Labute approximate surface area is 125 Å². The highest BCUT2D eigenvalue weighted by molar-refractivity contribution is 5.97. The first-order chi connectivity index (χ1) is 10.6. The summed E-state index contributed by atoms with van der Waals surface area (Å²) in [6, 6.07) is 16.2. The van der Waals surface area contributed by atoms with Gasteiger partial charge in [-0.25, -0.2) is 0 Å². The number of aromatic nitrogens is 1. The summed E-state index contributed by atoms with van der Waals surface area (Å²) in [6.45, 7) is 0. The first-order valence-electron chi connectivity index (χ1n) is 6.68. The summed E-state index contributed by atoms with van der Waals surface area (Å²) in [7, 11) is 1.53. The summed E-state index contributed by atoms with van der Waals surface area (Å²) in [5, 5.41) is 15.0. The summed E-state index contributed by atoms with van der Waals surface area (Å²) < 4.78 is 1.30. The van der Waals surface area contributed by atoms with Crippen molar-refractivity contribution in [2.45, 2.75) is 0 Å². The van der Waals surface area contributed by atoms with Gasteiger partial charge in [-0.05, 0) is 18.2 Å². The predicted octanol–water partition coefficient (Wildman–Crippen LogP) is 3.19. The lowest BCUT2D eigenvalue weighted by atomic mass is 10.1. The van der Waals surface area contributed by atoms with E-state index in [1.807, 2.05) is 18.2 Å². The Morgan fingerprint density at radius 2 is 1.68 bits per heavy atom. The van der Waals surface area contributed by atoms with Gasteiger partial charge in [0.2, 0.25) is 0 Å². The van der Waals surface area contributed by atoms with Crippen LogP contribution in [0.25, 0.3) is 10.9 Å². The fraction of sp³-hybridized carbons (Fsp3) is 0.0625. The minimum Gasteiger partial charge on any atom is -0.349 e. The number of nitrogens with one attached hydrogen (secondary N) is 1. The van der Waals surface area contributed by atoms with Crippen molar-refractivity contribution in [3.8, 4) is 0 Å². The molecule has 0 aliphatic carbocycles. The smallest absolute Gasteiger partial charge is 0.349 e. The van der Waals surface area contributed by atoms with Crippen molar-refractivity contribution in [3.63, 3.8) is 0 Å². The van der Waals surface area contributed by atoms with E-state index in [4.69, 9.17) is 0 Å². The Kier molecular flexibility index (Phi) is 3.34. The van der Waals surface area contributed by atoms with Gasteiger partial charge >= 0.3 is 11.2 Å². The summed E-state index contributed by atoms with van der Waals surface area (Å²) in [4.78, 5) is 23.1. The fourth-order valence-electron chi connectivity index (χ4n) is 2.44. The van der Waals surface area contributed by atoms with E-state index in [0.717, 1.165) is 0 Å². The molecule has 0 aliphatic heterocycles. The molecule has 0 aliphatic rings. The van der Waals surface area contributed by atoms with Crippen LogP contribution in [0, 0.1) is 10.1 Å². The number of pyridine rings is 1. The van der Waals surface area contributed by atoms with E-state index in [9.17, 15) is 14.9 Å². The lowest BCUT2D eigenvalue weighted by Crippen LogP contribution is -2.21. The summed E-state index contributed by atoms with van der Waals surface area (Å²) >= 11 is 0. The van der Waals surface area contributed by atoms with Crippen molar-refractivity contribution in [3.05, 3.63) is 75.1 Å². The predicted molar refractivity (Wildman–Crippen MR) is 85.6 cm³/mol. The van der Waals surface area contributed by atoms with Gasteiger partial charge in [0, 0.05) is 18.1 Å². The molecule has 6 heteroatoms. The first-order valence-corrected chi connectivity index (χ1v) is 6.68. The number of fused-ring (bicyclic) bond motifs is 1. The second kappa shape index (κ2) is 5.33. The standard InChI is InChI=1S/C16H13N3O3/c1-18-13-10-6-5-9-12(13)14(15(16(18)20)19(21)22)17-11-7-3-2-4-8-11/h2-10,17H,1H3. The van der Waals surface area contributed by atoms with E-state index in [1.165, 1.54) is 11.6 Å². The Hall–Kier alpha value is -3.15. The van der Waals surface area contributed by atoms with Crippen LogP contribution in [0.2, 0.25) is 0 Å². The van der Waals surface area contributed by atoms with Crippen LogP contribution in [0.3, 0.4) is 0 Å². The third-order valence-electron chi connectivity index (χ3n) is 3.50. The molecule has 110 valence electrons. The van der Waals surface area contributed by atoms with Crippen molar-refractivity contribution in [2.75, 3.05) is 5.32 Å². The molecule has 1 N–H and O–H groups in total. The molecule has 0 saturated carbocycles. The van der Waals surface area contributed by atoms with Gasteiger partial charge in [-0.2, -0.15) is 0 Å². The summed E-state index contributed by atoms with van der Waals surface area (Å²) in [6.07, 6.45) is 0. The molecule has 0 unspecified atom stereocenters. The number of rotatable bonds is 3. The quantitative estimate of drug-likeness (QED) is 0.594. The number of nitro groups is 1. The van der Waals surface area contributed by atoms with Crippen molar-refractivity contribution in [1.82, 2.24) is 4.57 Å². The SMILES string of the molecule is Cn1c(=O)c([N+](=O)[O-])c(Nc2ccccc2)c2ccccc21. The van der Waals surface area contributed by atoms with Crippen LogP contribution in [-0.4, -0.2) is 9.49 Å². The van der Waals surface area contributed by atoms with E-state index >= 15 is 0 Å². The molecule has 1 aromatic heterocycles. The van der Waals surface area contributed by atoms with Gasteiger partial charge in [-0.1, -0.05) is 36.4 Å². The van der Waals surface area contributed by atoms with Gasteiger partial charge < -0.3 is 9.88 Å². The molecule has 3 rings (SSSR count). The maximum atomic E-state index is 12.3.